The second-order valence-corrected chi connectivity index (χ2v) is 6.06. The highest BCUT2D eigenvalue weighted by molar-refractivity contribution is 7.17. The van der Waals surface area contributed by atoms with Crippen LogP contribution in [0.5, 0.6) is 0 Å². The number of thiazole rings is 1. The van der Waals surface area contributed by atoms with Gasteiger partial charge in [-0.15, -0.1) is 0 Å². The van der Waals surface area contributed by atoms with Crippen molar-refractivity contribution in [1.29, 1.82) is 0 Å². The molecule has 0 aromatic carbocycles. The van der Waals surface area contributed by atoms with Gasteiger partial charge in [-0.25, -0.2) is 9.78 Å². The van der Waals surface area contributed by atoms with Crippen LogP contribution in [0.25, 0.3) is 0 Å². The van der Waals surface area contributed by atoms with Crippen LogP contribution in [0, 0.1) is 12.8 Å². The number of carbonyl (C=O) groups is 1. The fourth-order valence-corrected chi connectivity index (χ4v) is 3.44. The Morgan fingerprint density at radius 1 is 1.44 bits per heavy atom. The van der Waals surface area contributed by atoms with Gasteiger partial charge in [0.1, 0.15) is 4.88 Å². The molecule has 1 aliphatic rings. The predicted molar refractivity (Wildman–Crippen MR) is 73.4 cm³/mol. The highest BCUT2D eigenvalue weighted by Crippen LogP contribution is 2.32. The maximum Gasteiger partial charge on any atom is 0.350 e. The van der Waals surface area contributed by atoms with Crippen LogP contribution in [0.1, 0.15) is 42.1 Å². The Hall–Kier alpha value is -1.10. The van der Waals surface area contributed by atoms with Crippen LogP contribution < -0.4 is 4.90 Å². The van der Waals surface area contributed by atoms with Gasteiger partial charge in [0.05, 0.1) is 12.8 Å². The van der Waals surface area contributed by atoms with Crippen LogP contribution in [0.3, 0.4) is 0 Å². The molecule has 0 radical (unpaired) electrons. The molecule has 100 valence electrons. The monoisotopic (exact) mass is 268 g/mol. The van der Waals surface area contributed by atoms with E-state index in [2.05, 4.69) is 23.7 Å². The van der Waals surface area contributed by atoms with Gasteiger partial charge in [-0.2, -0.15) is 0 Å². The van der Waals surface area contributed by atoms with E-state index in [9.17, 15) is 4.79 Å². The molecule has 0 spiro atoms. The van der Waals surface area contributed by atoms with Crippen molar-refractivity contribution in [2.45, 2.75) is 39.7 Å². The molecular weight excluding hydrogens is 248 g/mol. The van der Waals surface area contributed by atoms with E-state index < -0.39 is 0 Å². The van der Waals surface area contributed by atoms with E-state index in [1.54, 1.807) is 0 Å². The first-order valence-corrected chi connectivity index (χ1v) is 7.17. The normalized spacial score (nSPS) is 24.1. The summed E-state index contributed by atoms with van der Waals surface area (Å²) in [6.07, 6.45) is 2.46. The molecule has 1 aromatic heterocycles. The molecular formula is C13H20N2O2S. The number of nitrogens with zero attached hydrogens (tertiary/aromatic N) is 2. The molecule has 2 unspecified atom stereocenters. The summed E-state index contributed by atoms with van der Waals surface area (Å²) in [5, 5.41) is 0.951. The Kier molecular flexibility index (Phi) is 3.90. The van der Waals surface area contributed by atoms with Crippen molar-refractivity contribution in [1.82, 2.24) is 4.98 Å². The zero-order valence-electron chi connectivity index (χ0n) is 11.4. The van der Waals surface area contributed by atoms with Crippen LogP contribution in [0.2, 0.25) is 0 Å². The summed E-state index contributed by atoms with van der Waals surface area (Å²) in [5.74, 6) is 0.404. The Bertz CT molecular complexity index is 444. The molecule has 4 nitrogen and oxygen atoms in total. The second-order valence-electron chi connectivity index (χ2n) is 5.09. The van der Waals surface area contributed by atoms with E-state index in [4.69, 9.17) is 4.74 Å². The molecule has 0 aliphatic carbocycles. The topological polar surface area (TPSA) is 42.4 Å². The van der Waals surface area contributed by atoms with Gasteiger partial charge >= 0.3 is 5.97 Å². The highest BCUT2D eigenvalue weighted by atomic mass is 32.1. The molecule has 2 rings (SSSR count). The quantitative estimate of drug-likeness (QED) is 0.774. The van der Waals surface area contributed by atoms with E-state index in [1.165, 1.54) is 31.3 Å². The largest absolute Gasteiger partial charge is 0.465 e. The number of hydrogen-bond acceptors (Lipinski definition) is 5. The fraction of sp³-hybridized carbons (Fsp3) is 0.692. The summed E-state index contributed by atoms with van der Waals surface area (Å²) in [7, 11) is 1.41. The number of rotatable bonds is 2. The Balaban J connectivity index is 2.25. The summed E-state index contributed by atoms with van der Waals surface area (Å²) >= 11 is 1.44. The van der Waals surface area contributed by atoms with Gasteiger partial charge in [0.15, 0.2) is 5.13 Å². The van der Waals surface area contributed by atoms with Crippen LogP contribution in [0.4, 0.5) is 5.13 Å². The molecule has 2 atom stereocenters. The predicted octanol–water partition coefficient (Wildman–Crippen LogP) is 2.86. The van der Waals surface area contributed by atoms with Gasteiger partial charge in [0.2, 0.25) is 0 Å². The van der Waals surface area contributed by atoms with Crippen molar-refractivity contribution in [3.05, 3.63) is 10.6 Å². The third kappa shape index (κ3) is 2.51. The summed E-state index contributed by atoms with van der Waals surface area (Å²) in [5.41, 5.74) is 0.771. The Labute approximate surface area is 112 Å². The van der Waals surface area contributed by atoms with Gasteiger partial charge in [0.25, 0.3) is 0 Å². The average Bonchev–Trinajstić information content (AvgIpc) is 2.73. The minimum atomic E-state index is -0.283. The maximum atomic E-state index is 11.6. The van der Waals surface area contributed by atoms with Crippen molar-refractivity contribution < 1.29 is 9.53 Å². The molecule has 0 amide bonds. The lowest BCUT2D eigenvalue weighted by molar-refractivity contribution is 0.0605. The number of carbonyl (C=O) groups excluding carboxylic acids is 1. The van der Waals surface area contributed by atoms with Crippen LogP contribution in [0.15, 0.2) is 0 Å². The summed E-state index contributed by atoms with van der Waals surface area (Å²) in [6.45, 7) is 7.38. The number of methoxy groups -OCH3 is 1. The lowest BCUT2D eigenvalue weighted by atomic mass is 9.96. The molecule has 0 bridgehead atoms. The Morgan fingerprint density at radius 2 is 2.17 bits per heavy atom. The van der Waals surface area contributed by atoms with E-state index in [0.29, 0.717) is 16.8 Å². The zero-order chi connectivity index (χ0) is 13.3. The number of piperidine rings is 1. The number of hydrogen-bond donors (Lipinski definition) is 0. The van der Waals surface area contributed by atoms with E-state index in [0.717, 1.165) is 17.4 Å². The van der Waals surface area contributed by atoms with Crippen LogP contribution in [-0.2, 0) is 4.74 Å². The number of ether oxygens (including phenoxy) is 1. The van der Waals surface area contributed by atoms with Gasteiger partial charge in [-0.1, -0.05) is 18.3 Å². The maximum absolute atomic E-state index is 11.6. The number of aromatic nitrogens is 1. The lowest BCUT2D eigenvalue weighted by Crippen LogP contribution is -2.41. The second kappa shape index (κ2) is 5.26. The SMILES string of the molecule is COC(=O)c1sc(N2CC(C)CCC2C)nc1C. The molecule has 1 saturated heterocycles. The standard InChI is InChI=1S/C13H20N2O2S/c1-8-5-6-9(2)15(7-8)13-14-10(3)11(18-13)12(16)17-4/h8-9H,5-7H2,1-4H3. The van der Waals surface area contributed by atoms with Crippen molar-refractivity contribution in [3.8, 4) is 0 Å². The minimum Gasteiger partial charge on any atom is -0.465 e. The molecule has 1 aromatic rings. The molecule has 0 N–H and O–H groups in total. The highest BCUT2D eigenvalue weighted by Gasteiger charge is 2.27. The van der Waals surface area contributed by atoms with Crippen LogP contribution >= 0.6 is 11.3 Å². The van der Waals surface area contributed by atoms with E-state index in [-0.39, 0.29) is 5.97 Å². The first kappa shape index (κ1) is 13.3. The van der Waals surface area contributed by atoms with Gasteiger partial charge < -0.3 is 9.64 Å². The lowest BCUT2D eigenvalue weighted by Gasteiger charge is -2.36. The van der Waals surface area contributed by atoms with E-state index >= 15 is 0 Å². The molecule has 2 heterocycles. The number of anilines is 1. The molecule has 0 saturated carbocycles. The number of esters is 1. The molecule has 18 heavy (non-hydrogen) atoms. The number of aryl methyl sites for hydroxylation is 1. The molecule has 1 fully saturated rings. The van der Waals surface area contributed by atoms with Crippen molar-refractivity contribution in [2.75, 3.05) is 18.6 Å². The van der Waals surface area contributed by atoms with E-state index in [1.807, 2.05) is 6.92 Å². The third-order valence-corrected chi connectivity index (χ3v) is 4.69. The van der Waals surface area contributed by atoms with Gasteiger partial charge in [0, 0.05) is 12.6 Å². The summed E-state index contributed by atoms with van der Waals surface area (Å²) in [4.78, 5) is 19.1. The Morgan fingerprint density at radius 3 is 2.83 bits per heavy atom. The first-order valence-electron chi connectivity index (χ1n) is 6.35. The van der Waals surface area contributed by atoms with Crippen molar-refractivity contribution in [2.24, 2.45) is 5.92 Å². The first-order chi connectivity index (χ1) is 8.52. The minimum absolute atomic E-state index is 0.283. The van der Waals surface area contributed by atoms with Crippen LogP contribution in [-0.4, -0.2) is 30.6 Å². The van der Waals surface area contributed by atoms with Gasteiger partial charge in [-0.05, 0) is 32.6 Å². The molecule has 5 heteroatoms. The fourth-order valence-electron chi connectivity index (χ4n) is 2.34. The molecule has 1 aliphatic heterocycles. The zero-order valence-corrected chi connectivity index (χ0v) is 12.2. The van der Waals surface area contributed by atoms with Gasteiger partial charge in [-0.3, -0.25) is 0 Å². The smallest absolute Gasteiger partial charge is 0.350 e. The summed E-state index contributed by atoms with van der Waals surface area (Å²) in [6, 6.07) is 0.497. The summed E-state index contributed by atoms with van der Waals surface area (Å²) < 4.78 is 4.78. The average molecular weight is 268 g/mol. The van der Waals surface area contributed by atoms with Crippen molar-refractivity contribution in [3.63, 3.8) is 0 Å². The van der Waals surface area contributed by atoms with Crippen molar-refractivity contribution >= 4 is 22.4 Å². The third-order valence-electron chi connectivity index (χ3n) is 3.52.